The van der Waals surface area contributed by atoms with E-state index in [9.17, 15) is 19.2 Å². The standard InChI is InChI=1S/C16H26N4O4/c1-11(2)9-17-14(23)18-12(21)10-20-13(22)16(19-15(20)24)7-5-3-4-6-8-16/h11H,3-10H2,1-2H3,(H,19,24)(H2,17,18,21,23). The van der Waals surface area contributed by atoms with Crippen molar-refractivity contribution in [3.63, 3.8) is 0 Å². The largest absolute Gasteiger partial charge is 0.338 e. The van der Waals surface area contributed by atoms with Gasteiger partial charge in [0.1, 0.15) is 12.1 Å². The molecule has 2 fully saturated rings. The number of nitrogens with zero attached hydrogens (tertiary/aromatic N) is 1. The third-order valence-corrected chi connectivity index (χ3v) is 4.43. The molecule has 1 saturated heterocycles. The molecule has 0 aromatic rings. The van der Waals surface area contributed by atoms with Crippen molar-refractivity contribution in [3.8, 4) is 0 Å². The molecule has 0 radical (unpaired) electrons. The number of hydrogen-bond donors (Lipinski definition) is 3. The van der Waals surface area contributed by atoms with Crippen molar-refractivity contribution in [2.24, 2.45) is 5.92 Å². The number of nitrogens with one attached hydrogen (secondary N) is 3. The van der Waals surface area contributed by atoms with Gasteiger partial charge in [0.05, 0.1) is 0 Å². The van der Waals surface area contributed by atoms with Crippen molar-refractivity contribution < 1.29 is 19.2 Å². The molecule has 8 nitrogen and oxygen atoms in total. The predicted molar refractivity (Wildman–Crippen MR) is 87.1 cm³/mol. The van der Waals surface area contributed by atoms with E-state index >= 15 is 0 Å². The molecule has 0 aromatic carbocycles. The number of urea groups is 2. The van der Waals surface area contributed by atoms with Crippen LogP contribution in [-0.4, -0.2) is 47.4 Å². The highest BCUT2D eigenvalue weighted by Crippen LogP contribution is 2.32. The quantitative estimate of drug-likeness (QED) is 0.667. The minimum Gasteiger partial charge on any atom is -0.338 e. The Bertz CT molecular complexity index is 524. The minimum absolute atomic E-state index is 0.256. The molecule has 0 bridgehead atoms. The SMILES string of the molecule is CC(C)CNC(=O)NC(=O)CN1C(=O)NC2(CCCCCC2)C1=O. The number of carbonyl (C=O) groups excluding carboxylic acids is 4. The third kappa shape index (κ3) is 4.24. The highest BCUT2D eigenvalue weighted by molar-refractivity contribution is 6.10. The molecule has 6 amide bonds. The molecule has 24 heavy (non-hydrogen) atoms. The maximum absolute atomic E-state index is 12.6. The molecule has 1 saturated carbocycles. The Labute approximate surface area is 141 Å². The van der Waals surface area contributed by atoms with Gasteiger partial charge < -0.3 is 10.6 Å². The van der Waals surface area contributed by atoms with Gasteiger partial charge in [0.25, 0.3) is 5.91 Å². The average molecular weight is 338 g/mol. The van der Waals surface area contributed by atoms with Gasteiger partial charge in [0.15, 0.2) is 0 Å². The van der Waals surface area contributed by atoms with E-state index in [1.165, 1.54) is 0 Å². The summed E-state index contributed by atoms with van der Waals surface area (Å²) in [6.45, 7) is 3.86. The number of rotatable bonds is 4. The highest BCUT2D eigenvalue weighted by atomic mass is 16.2. The molecule has 2 aliphatic rings. The minimum atomic E-state index is -0.867. The lowest BCUT2D eigenvalue weighted by Crippen LogP contribution is -2.48. The van der Waals surface area contributed by atoms with Crippen LogP contribution in [-0.2, 0) is 9.59 Å². The van der Waals surface area contributed by atoms with Crippen LogP contribution >= 0.6 is 0 Å². The van der Waals surface area contributed by atoms with Crippen molar-refractivity contribution in [2.45, 2.75) is 57.9 Å². The molecule has 2 rings (SSSR count). The smallest absolute Gasteiger partial charge is 0.325 e. The molecule has 3 N–H and O–H groups in total. The van der Waals surface area contributed by atoms with Crippen molar-refractivity contribution in [2.75, 3.05) is 13.1 Å². The van der Waals surface area contributed by atoms with E-state index < -0.39 is 30.1 Å². The lowest BCUT2D eigenvalue weighted by atomic mass is 9.90. The summed E-state index contributed by atoms with van der Waals surface area (Å²) in [6.07, 6.45) is 5.05. The third-order valence-electron chi connectivity index (χ3n) is 4.43. The van der Waals surface area contributed by atoms with E-state index in [4.69, 9.17) is 0 Å². The van der Waals surface area contributed by atoms with Crippen LogP contribution in [0.1, 0.15) is 52.4 Å². The second-order valence-corrected chi connectivity index (χ2v) is 6.97. The monoisotopic (exact) mass is 338 g/mol. The second-order valence-electron chi connectivity index (χ2n) is 6.97. The van der Waals surface area contributed by atoms with E-state index in [1.54, 1.807) is 0 Å². The van der Waals surface area contributed by atoms with Gasteiger partial charge in [-0.05, 0) is 18.8 Å². The van der Waals surface area contributed by atoms with Crippen LogP contribution in [0.5, 0.6) is 0 Å². The summed E-state index contributed by atoms with van der Waals surface area (Å²) in [5, 5.41) is 7.46. The molecular formula is C16H26N4O4. The van der Waals surface area contributed by atoms with Crippen LogP contribution in [0.3, 0.4) is 0 Å². The Morgan fingerprint density at radius 2 is 1.79 bits per heavy atom. The van der Waals surface area contributed by atoms with Gasteiger partial charge in [-0.25, -0.2) is 9.59 Å². The zero-order valence-corrected chi connectivity index (χ0v) is 14.3. The fraction of sp³-hybridized carbons (Fsp3) is 0.750. The number of carbonyl (C=O) groups is 4. The first-order valence-corrected chi connectivity index (χ1v) is 8.56. The zero-order chi connectivity index (χ0) is 17.7. The Kier molecular flexibility index (Phi) is 5.80. The Hall–Kier alpha value is -2.12. The van der Waals surface area contributed by atoms with Crippen molar-refractivity contribution >= 4 is 23.9 Å². The van der Waals surface area contributed by atoms with Crippen molar-refractivity contribution in [1.82, 2.24) is 20.9 Å². The molecule has 0 atom stereocenters. The molecule has 0 unspecified atom stereocenters. The van der Waals surface area contributed by atoms with E-state index in [0.29, 0.717) is 19.4 Å². The molecule has 1 spiro atoms. The molecular weight excluding hydrogens is 312 g/mol. The highest BCUT2D eigenvalue weighted by Gasteiger charge is 2.51. The van der Waals surface area contributed by atoms with Gasteiger partial charge in [-0.2, -0.15) is 0 Å². The van der Waals surface area contributed by atoms with Crippen LogP contribution in [0.2, 0.25) is 0 Å². The fourth-order valence-electron chi connectivity index (χ4n) is 3.14. The molecule has 134 valence electrons. The Morgan fingerprint density at radius 3 is 2.38 bits per heavy atom. The summed E-state index contributed by atoms with van der Waals surface area (Å²) >= 11 is 0. The number of imide groups is 2. The first-order chi connectivity index (χ1) is 11.3. The summed E-state index contributed by atoms with van der Waals surface area (Å²) in [5.74, 6) is -0.774. The fourth-order valence-corrected chi connectivity index (χ4v) is 3.14. The average Bonchev–Trinajstić information content (AvgIpc) is 2.70. The van der Waals surface area contributed by atoms with Gasteiger partial charge >= 0.3 is 12.1 Å². The van der Waals surface area contributed by atoms with Crippen LogP contribution in [0.25, 0.3) is 0 Å². The predicted octanol–water partition coefficient (Wildman–Crippen LogP) is 1.11. The van der Waals surface area contributed by atoms with Gasteiger partial charge in [0, 0.05) is 6.54 Å². The first kappa shape index (κ1) is 18.2. The lowest BCUT2D eigenvalue weighted by molar-refractivity contribution is -0.135. The molecule has 1 aliphatic heterocycles. The molecule has 1 aliphatic carbocycles. The summed E-state index contributed by atoms with van der Waals surface area (Å²) in [5.41, 5.74) is -0.867. The molecule has 1 heterocycles. The van der Waals surface area contributed by atoms with Crippen LogP contribution in [0.4, 0.5) is 9.59 Å². The summed E-state index contributed by atoms with van der Waals surface area (Å²) in [6, 6.07) is -1.18. The van der Waals surface area contributed by atoms with Crippen molar-refractivity contribution in [3.05, 3.63) is 0 Å². The maximum Gasteiger partial charge on any atom is 0.325 e. The maximum atomic E-state index is 12.6. The normalized spacial score (nSPS) is 20.0. The topological polar surface area (TPSA) is 108 Å². The van der Waals surface area contributed by atoms with Crippen molar-refractivity contribution in [1.29, 1.82) is 0 Å². The van der Waals surface area contributed by atoms with E-state index in [0.717, 1.165) is 30.6 Å². The number of amides is 6. The molecule has 0 aromatic heterocycles. The second kappa shape index (κ2) is 7.63. The van der Waals surface area contributed by atoms with Gasteiger partial charge in [-0.15, -0.1) is 0 Å². The molecule has 8 heteroatoms. The lowest BCUT2D eigenvalue weighted by Gasteiger charge is -2.24. The van der Waals surface area contributed by atoms with E-state index in [-0.39, 0.29) is 11.8 Å². The number of hydrogen-bond acceptors (Lipinski definition) is 4. The Morgan fingerprint density at radius 1 is 1.17 bits per heavy atom. The van der Waals surface area contributed by atoms with Crippen LogP contribution < -0.4 is 16.0 Å². The summed E-state index contributed by atoms with van der Waals surface area (Å²) in [7, 11) is 0. The first-order valence-electron chi connectivity index (χ1n) is 8.56. The summed E-state index contributed by atoms with van der Waals surface area (Å²) in [4.78, 5) is 49.2. The van der Waals surface area contributed by atoms with Gasteiger partial charge in [-0.1, -0.05) is 39.5 Å². The van der Waals surface area contributed by atoms with E-state index in [2.05, 4.69) is 16.0 Å². The van der Waals surface area contributed by atoms with Gasteiger partial charge in [0.2, 0.25) is 5.91 Å². The van der Waals surface area contributed by atoms with Gasteiger partial charge in [-0.3, -0.25) is 19.8 Å². The van der Waals surface area contributed by atoms with Crippen LogP contribution in [0.15, 0.2) is 0 Å². The van der Waals surface area contributed by atoms with E-state index in [1.807, 2.05) is 13.8 Å². The van der Waals surface area contributed by atoms with Crippen LogP contribution in [0, 0.1) is 5.92 Å². The Balaban J connectivity index is 1.92. The zero-order valence-electron chi connectivity index (χ0n) is 14.3. The summed E-state index contributed by atoms with van der Waals surface area (Å²) < 4.78 is 0.